The van der Waals surface area contributed by atoms with Gasteiger partial charge in [0.25, 0.3) is 0 Å². The summed E-state index contributed by atoms with van der Waals surface area (Å²) in [5.74, 6) is 0.360. The summed E-state index contributed by atoms with van der Waals surface area (Å²) in [6.07, 6.45) is 0.211. The second kappa shape index (κ2) is 5.51. The number of aliphatic hydroxyl groups is 2. The maximum Gasteiger partial charge on any atom is 0.0738 e. The molecule has 0 heterocycles. The minimum Gasteiger partial charge on any atom is -0.396 e. The lowest BCUT2D eigenvalue weighted by Gasteiger charge is -2.24. The van der Waals surface area contributed by atoms with E-state index in [9.17, 15) is 5.11 Å². The van der Waals surface area contributed by atoms with Crippen molar-refractivity contribution in [1.82, 2.24) is 0 Å². The number of hydrogen-bond donors (Lipinski definition) is 3. The number of rotatable bonds is 5. The predicted octanol–water partition coefficient (Wildman–Crippen LogP) is 0.349. The molecule has 0 radical (unpaired) electrons. The summed E-state index contributed by atoms with van der Waals surface area (Å²) in [5, 5.41) is 18.3. The summed E-state index contributed by atoms with van der Waals surface area (Å²) in [4.78, 5) is 0. The van der Waals surface area contributed by atoms with Crippen LogP contribution in [0.5, 0.6) is 0 Å². The van der Waals surface area contributed by atoms with E-state index >= 15 is 0 Å². The standard InChI is InChI=1S/C9H21NO2/c1-6(2)4-8(10)9(12)7(3)5-11/h6-9,11-12H,4-5,10H2,1-3H3. The van der Waals surface area contributed by atoms with Crippen LogP contribution in [0.2, 0.25) is 0 Å². The van der Waals surface area contributed by atoms with Crippen LogP contribution >= 0.6 is 0 Å². The van der Waals surface area contributed by atoms with Gasteiger partial charge in [0.1, 0.15) is 0 Å². The zero-order chi connectivity index (χ0) is 9.72. The first-order valence-electron chi connectivity index (χ1n) is 4.53. The van der Waals surface area contributed by atoms with Gasteiger partial charge in [0.2, 0.25) is 0 Å². The average molecular weight is 175 g/mol. The third-order valence-electron chi connectivity index (χ3n) is 2.05. The van der Waals surface area contributed by atoms with Crippen LogP contribution in [0.4, 0.5) is 0 Å². The third kappa shape index (κ3) is 4.04. The van der Waals surface area contributed by atoms with Crippen molar-refractivity contribution in [3.05, 3.63) is 0 Å². The van der Waals surface area contributed by atoms with Crippen molar-refractivity contribution in [2.45, 2.75) is 39.3 Å². The largest absolute Gasteiger partial charge is 0.396 e. The second-order valence-corrected chi connectivity index (χ2v) is 3.94. The van der Waals surface area contributed by atoms with Crippen molar-refractivity contribution in [2.24, 2.45) is 17.6 Å². The maximum atomic E-state index is 9.55. The molecular weight excluding hydrogens is 154 g/mol. The topological polar surface area (TPSA) is 66.5 Å². The highest BCUT2D eigenvalue weighted by atomic mass is 16.3. The van der Waals surface area contributed by atoms with Crippen LogP contribution in [-0.4, -0.2) is 29.0 Å². The quantitative estimate of drug-likeness (QED) is 0.565. The molecule has 0 saturated heterocycles. The molecule has 3 unspecified atom stereocenters. The molecule has 3 nitrogen and oxygen atoms in total. The molecule has 0 aromatic heterocycles. The van der Waals surface area contributed by atoms with Crippen molar-refractivity contribution in [1.29, 1.82) is 0 Å². The van der Waals surface area contributed by atoms with Gasteiger partial charge in [0, 0.05) is 18.6 Å². The number of hydrogen-bond acceptors (Lipinski definition) is 3. The monoisotopic (exact) mass is 175 g/mol. The van der Waals surface area contributed by atoms with Crippen LogP contribution in [0, 0.1) is 11.8 Å². The van der Waals surface area contributed by atoms with Crippen molar-refractivity contribution < 1.29 is 10.2 Å². The number of aliphatic hydroxyl groups excluding tert-OH is 2. The zero-order valence-electron chi connectivity index (χ0n) is 8.20. The molecule has 0 aromatic carbocycles. The van der Waals surface area contributed by atoms with Gasteiger partial charge in [-0.05, 0) is 12.3 Å². The molecule has 4 N–H and O–H groups in total. The van der Waals surface area contributed by atoms with E-state index in [1.54, 1.807) is 6.92 Å². The Bertz CT molecular complexity index is 117. The predicted molar refractivity (Wildman–Crippen MR) is 49.7 cm³/mol. The molecule has 0 aliphatic carbocycles. The Balaban J connectivity index is 3.83. The summed E-state index contributed by atoms with van der Waals surface area (Å²) in [7, 11) is 0. The first-order chi connectivity index (χ1) is 5.49. The Morgan fingerprint density at radius 2 is 1.75 bits per heavy atom. The summed E-state index contributed by atoms with van der Waals surface area (Å²) < 4.78 is 0. The minimum atomic E-state index is -0.586. The van der Waals surface area contributed by atoms with E-state index in [1.807, 2.05) is 0 Å². The van der Waals surface area contributed by atoms with Gasteiger partial charge in [-0.2, -0.15) is 0 Å². The van der Waals surface area contributed by atoms with E-state index in [1.165, 1.54) is 0 Å². The first kappa shape index (κ1) is 11.9. The number of nitrogens with two attached hydrogens (primary N) is 1. The van der Waals surface area contributed by atoms with E-state index in [4.69, 9.17) is 10.8 Å². The van der Waals surface area contributed by atoms with Crippen LogP contribution in [0.15, 0.2) is 0 Å². The molecule has 3 atom stereocenters. The van der Waals surface area contributed by atoms with E-state index < -0.39 is 6.10 Å². The fourth-order valence-corrected chi connectivity index (χ4v) is 1.21. The molecule has 0 aliphatic heterocycles. The first-order valence-corrected chi connectivity index (χ1v) is 4.53. The Morgan fingerprint density at radius 1 is 1.25 bits per heavy atom. The molecule has 0 amide bonds. The molecule has 12 heavy (non-hydrogen) atoms. The molecule has 0 rings (SSSR count). The van der Waals surface area contributed by atoms with Crippen molar-refractivity contribution >= 4 is 0 Å². The summed E-state index contributed by atoms with van der Waals surface area (Å²) in [5.41, 5.74) is 5.73. The summed E-state index contributed by atoms with van der Waals surface area (Å²) in [6, 6.07) is -0.216. The van der Waals surface area contributed by atoms with Crippen LogP contribution in [0.1, 0.15) is 27.2 Å². The minimum absolute atomic E-state index is 0.00698. The second-order valence-electron chi connectivity index (χ2n) is 3.94. The smallest absolute Gasteiger partial charge is 0.0738 e. The Hall–Kier alpha value is -0.120. The molecule has 74 valence electrons. The molecule has 0 bridgehead atoms. The lowest BCUT2D eigenvalue weighted by Crippen LogP contribution is -2.41. The fraction of sp³-hybridized carbons (Fsp3) is 1.00. The van der Waals surface area contributed by atoms with E-state index in [0.29, 0.717) is 5.92 Å². The van der Waals surface area contributed by atoms with Gasteiger partial charge in [-0.15, -0.1) is 0 Å². The van der Waals surface area contributed by atoms with E-state index in [2.05, 4.69) is 13.8 Å². The van der Waals surface area contributed by atoms with Crippen LogP contribution in [-0.2, 0) is 0 Å². The van der Waals surface area contributed by atoms with Crippen molar-refractivity contribution in [3.8, 4) is 0 Å². The van der Waals surface area contributed by atoms with Gasteiger partial charge in [-0.3, -0.25) is 0 Å². The van der Waals surface area contributed by atoms with Gasteiger partial charge < -0.3 is 15.9 Å². The normalized spacial score (nSPS) is 19.2. The van der Waals surface area contributed by atoms with Crippen LogP contribution in [0.25, 0.3) is 0 Å². The highest BCUT2D eigenvalue weighted by Gasteiger charge is 2.21. The highest BCUT2D eigenvalue weighted by Crippen LogP contribution is 2.12. The van der Waals surface area contributed by atoms with Gasteiger partial charge in [0.15, 0.2) is 0 Å². The SMILES string of the molecule is CC(C)CC(N)C(O)C(C)CO. The Kier molecular flexibility index (Phi) is 5.46. The average Bonchev–Trinajstić information content (AvgIpc) is 2.00. The van der Waals surface area contributed by atoms with Crippen LogP contribution < -0.4 is 5.73 Å². The van der Waals surface area contributed by atoms with Gasteiger partial charge in [0.05, 0.1) is 6.10 Å². The van der Waals surface area contributed by atoms with Crippen molar-refractivity contribution in [3.63, 3.8) is 0 Å². The molecule has 0 fully saturated rings. The summed E-state index contributed by atoms with van der Waals surface area (Å²) >= 11 is 0. The lowest BCUT2D eigenvalue weighted by molar-refractivity contribution is 0.0516. The fourth-order valence-electron chi connectivity index (χ4n) is 1.21. The lowest BCUT2D eigenvalue weighted by atomic mass is 9.93. The molecule has 3 heteroatoms. The van der Waals surface area contributed by atoms with E-state index in [-0.39, 0.29) is 18.6 Å². The third-order valence-corrected chi connectivity index (χ3v) is 2.05. The molecular formula is C9H21NO2. The maximum absolute atomic E-state index is 9.55. The van der Waals surface area contributed by atoms with Crippen molar-refractivity contribution in [2.75, 3.05) is 6.61 Å². The van der Waals surface area contributed by atoms with Gasteiger partial charge in [-0.25, -0.2) is 0 Å². The molecule has 0 saturated carbocycles. The van der Waals surface area contributed by atoms with E-state index in [0.717, 1.165) is 6.42 Å². The Morgan fingerprint density at radius 3 is 2.08 bits per heavy atom. The van der Waals surface area contributed by atoms with Crippen LogP contribution in [0.3, 0.4) is 0 Å². The van der Waals surface area contributed by atoms with Gasteiger partial charge >= 0.3 is 0 Å². The highest BCUT2D eigenvalue weighted by molar-refractivity contribution is 4.76. The summed E-state index contributed by atoms with van der Waals surface area (Å²) in [6.45, 7) is 5.92. The molecule has 0 aliphatic rings. The Labute approximate surface area is 74.6 Å². The molecule has 0 spiro atoms. The zero-order valence-corrected chi connectivity index (χ0v) is 8.20. The van der Waals surface area contributed by atoms with Gasteiger partial charge in [-0.1, -0.05) is 20.8 Å². The molecule has 0 aromatic rings.